The van der Waals surface area contributed by atoms with Crippen molar-refractivity contribution in [3.63, 3.8) is 0 Å². The fraction of sp³-hybridized carbons (Fsp3) is 0.412. The van der Waals surface area contributed by atoms with E-state index in [-0.39, 0.29) is 31.0 Å². The Labute approximate surface area is 152 Å². The molecule has 0 saturated heterocycles. The minimum absolute atomic E-state index is 0.00663. The van der Waals surface area contributed by atoms with Crippen molar-refractivity contribution >= 4 is 11.7 Å². The molecular formula is C17H18F4N4O2. The Morgan fingerprint density at radius 1 is 1.37 bits per heavy atom. The van der Waals surface area contributed by atoms with Crippen molar-refractivity contribution in [1.82, 2.24) is 15.1 Å². The Morgan fingerprint density at radius 3 is 2.70 bits per heavy atom. The molecule has 2 heterocycles. The maximum atomic E-state index is 13.6. The summed E-state index contributed by atoms with van der Waals surface area (Å²) in [5.74, 6) is -1.06. The van der Waals surface area contributed by atoms with Crippen LogP contribution in [0, 0.1) is 5.82 Å². The fourth-order valence-electron chi connectivity index (χ4n) is 3.00. The summed E-state index contributed by atoms with van der Waals surface area (Å²) < 4.78 is 59.5. The number of nitrogens with one attached hydrogen (secondary N) is 2. The van der Waals surface area contributed by atoms with Gasteiger partial charge in [-0.05, 0) is 17.7 Å². The summed E-state index contributed by atoms with van der Waals surface area (Å²) in [6, 6.07) is 2.57. The molecule has 27 heavy (non-hydrogen) atoms. The van der Waals surface area contributed by atoms with Crippen LogP contribution in [0.15, 0.2) is 30.5 Å². The molecule has 0 bridgehead atoms. The molecule has 0 radical (unpaired) electrons. The third-order valence-electron chi connectivity index (χ3n) is 4.35. The van der Waals surface area contributed by atoms with Crippen LogP contribution in [0.5, 0.6) is 0 Å². The second kappa shape index (κ2) is 7.55. The molecule has 0 unspecified atom stereocenters. The van der Waals surface area contributed by atoms with E-state index < -0.39 is 30.0 Å². The number of carbonyl (C=O) groups is 1. The number of methoxy groups -OCH3 is 1. The van der Waals surface area contributed by atoms with Gasteiger partial charge in [-0.25, -0.2) is 9.07 Å². The number of rotatable bonds is 5. The van der Waals surface area contributed by atoms with Gasteiger partial charge in [0.15, 0.2) is 6.04 Å². The van der Waals surface area contributed by atoms with Gasteiger partial charge in [0.1, 0.15) is 17.2 Å². The lowest BCUT2D eigenvalue weighted by Crippen LogP contribution is -2.36. The van der Waals surface area contributed by atoms with Crippen LogP contribution >= 0.6 is 0 Å². The highest BCUT2D eigenvalue weighted by atomic mass is 19.4. The Balaban J connectivity index is 1.93. The fourth-order valence-corrected chi connectivity index (χ4v) is 3.00. The number of halogens is 4. The highest BCUT2D eigenvalue weighted by molar-refractivity contribution is 5.98. The SMILES string of the molecule is COCCNC(=O)c1cnn2c1N[C@@H](c1ccc(F)cc1)C[C@@H]2C(F)(F)F. The second-order valence-corrected chi connectivity index (χ2v) is 6.14. The third-order valence-corrected chi connectivity index (χ3v) is 4.35. The molecule has 0 spiro atoms. The molecule has 2 aromatic rings. The number of benzene rings is 1. The van der Waals surface area contributed by atoms with Gasteiger partial charge in [0.2, 0.25) is 0 Å². The minimum Gasteiger partial charge on any atom is -0.383 e. The zero-order valence-corrected chi connectivity index (χ0v) is 14.4. The van der Waals surface area contributed by atoms with Crippen LogP contribution in [0.4, 0.5) is 23.4 Å². The molecule has 146 valence electrons. The lowest BCUT2D eigenvalue weighted by Gasteiger charge is -2.34. The number of nitrogens with zero attached hydrogens (tertiary/aromatic N) is 2. The highest BCUT2D eigenvalue weighted by Gasteiger charge is 2.47. The molecule has 0 fully saturated rings. The molecule has 1 aromatic heterocycles. The number of carbonyl (C=O) groups excluding carboxylic acids is 1. The van der Waals surface area contributed by atoms with E-state index in [1.54, 1.807) is 0 Å². The minimum atomic E-state index is -4.55. The van der Waals surface area contributed by atoms with Crippen LogP contribution in [0.2, 0.25) is 0 Å². The summed E-state index contributed by atoms with van der Waals surface area (Å²) in [5, 5.41) is 9.28. The van der Waals surface area contributed by atoms with Crippen molar-refractivity contribution in [2.24, 2.45) is 0 Å². The predicted molar refractivity (Wildman–Crippen MR) is 88.9 cm³/mol. The van der Waals surface area contributed by atoms with Crippen LogP contribution in [-0.4, -0.2) is 42.1 Å². The topological polar surface area (TPSA) is 68.2 Å². The van der Waals surface area contributed by atoms with Crippen molar-refractivity contribution in [1.29, 1.82) is 0 Å². The number of ether oxygens (including phenoxy) is 1. The molecule has 6 nitrogen and oxygen atoms in total. The van der Waals surface area contributed by atoms with Crippen molar-refractivity contribution in [2.75, 3.05) is 25.6 Å². The van der Waals surface area contributed by atoms with Crippen molar-refractivity contribution in [3.05, 3.63) is 47.4 Å². The molecule has 1 aromatic carbocycles. The van der Waals surface area contributed by atoms with E-state index >= 15 is 0 Å². The molecule has 1 amide bonds. The van der Waals surface area contributed by atoms with Crippen molar-refractivity contribution in [2.45, 2.75) is 24.7 Å². The normalized spacial score (nSPS) is 19.3. The van der Waals surface area contributed by atoms with E-state index in [1.165, 1.54) is 31.4 Å². The average Bonchev–Trinajstić information content (AvgIpc) is 3.04. The van der Waals surface area contributed by atoms with Crippen molar-refractivity contribution < 1.29 is 27.1 Å². The lowest BCUT2D eigenvalue weighted by molar-refractivity contribution is -0.173. The molecule has 3 rings (SSSR count). The summed E-state index contributed by atoms with van der Waals surface area (Å²) in [6.45, 7) is 0.482. The third kappa shape index (κ3) is 4.05. The molecule has 0 saturated carbocycles. The summed E-state index contributed by atoms with van der Waals surface area (Å²) in [5.41, 5.74) is 0.496. The maximum absolute atomic E-state index is 13.6. The molecule has 1 aliphatic rings. The van der Waals surface area contributed by atoms with Crippen molar-refractivity contribution in [3.8, 4) is 0 Å². The zero-order valence-electron chi connectivity index (χ0n) is 14.4. The first-order valence-electron chi connectivity index (χ1n) is 8.24. The number of anilines is 1. The lowest BCUT2D eigenvalue weighted by atomic mass is 9.96. The second-order valence-electron chi connectivity index (χ2n) is 6.14. The standard InChI is InChI=1S/C17H18F4N4O2/c1-27-7-6-22-16(26)12-9-23-25-14(17(19,20)21)8-13(24-15(12)25)10-2-4-11(18)5-3-10/h2-5,9,13-14,24H,6-8H2,1H3,(H,22,26)/t13-,14-/m1/s1. The molecule has 2 atom stereocenters. The van der Waals surface area contributed by atoms with E-state index in [0.29, 0.717) is 5.56 Å². The number of amides is 1. The molecule has 0 aliphatic carbocycles. The number of aromatic nitrogens is 2. The van der Waals surface area contributed by atoms with Crippen LogP contribution in [-0.2, 0) is 4.74 Å². The zero-order chi connectivity index (χ0) is 19.6. The summed E-state index contributed by atoms with van der Waals surface area (Å²) in [4.78, 5) is 12.3. The Morgan fingerprint density at radius 2 is 2.07 bits per heavy atom. The number of fused-ring (bicyclic) bond motifs is 1. The first-order valence-corrected chi connectivity index (χ1v) is 8.24. The summed E-state index contributed by atoms with van der Waals surface area (Å²) in [6.07, 6.45) is -3.77. The first-order chi connectivity index (χ1) is 12.8. The summed E-state index contributed by atoms with van der Waals surface area (Å²) >= 11 is 0. The van der Waals surface area contributed by atoms with E-state index in [2.05, 4.69) is 15.7 Å². The van der Waals surface area contributed by atoms with E-state index in [4.69, 9.17) is 4.74 Å². The van der Waals surface area contributed by atoms with Gasteiger partial charge in [-0.1, -0.05) is 12.1 Å². The quantitative estimate of drug-likeness (QED) is 0.612. The monoisotopic (exact) mass is 386 g/mol. The maximum Gasteiger partial charge on any atom is 0.410 e. The predicted octanol–water partition coefficient (Wildman–Crippen LogP) is 3.06. The van der Waals surface area contributed by atoms with E-state index in [1.807, 2.05) is 0 Å². The molecule has 10 heteroatoms. The van der Waals surface area contributed by atoms with Crippen LogP contribution in [0.25, 0.3) is 0 Å². The molecular weight excluding hydrogens is 368 g/mol. The van der Waals surface area contributed by atoms with Gasteiger partial charge in [-0.15, -0.1) is 0 Å². The van der Waals surface area contributed by atoms with Gasteiger partial charge < -0.3 is 15.4 Å². The first kappa shape index (κ1) is 19.2. The number of hydrogen-bond donors (Lipinski definition) is 2. The highest BCUT2D eigenvalue weighted by Crippen LogP contribution is 2.44. The summed E-state index contributed by atoms with van der Waals surface area (Å²) in [7, 11) is 1.47. The van der Waals surface area contributed by atoms with Gasteiger partial charge in [0.25, 0.3) is 5.91 Å². The van der Waals surface area contributed by atoms with Gasteiger partial charge in [0, 0.05) is 20.1 Å². The van der Waals surface area contributed by atoms with Gasteiger partial charge in [-0.2, -0.15) is 18.3 Å². The smallest absolute Gasteiger partial charge is 0.383 e. The largest absolute Gasteiger partial charge is 0.410 e. The van der Waals surface area contributed by atoms with Crippen LogP contribution in [0.3, 0.4) is 0 Å². The Bertz CT molecular complexity index is 804. The van der Waals surface area contributed by atoms with E-state index in [0.717, 1.165) is 10.9 Å². The van der Waals surface area contributed by atoms with Gasteiger partial charge >= 0.3 is 6.18 Å². The Kier molecular flexibility index (Phi) is 5.36. The number of alkyl halides is 3. The van der Waals surface area contributed by atoms with Crippen LogP contribution in [0.1, 0.15) is 34.4 Å². The Hall–Kier alpha value is -2.62. The van der Waals surface area contributed by atoms with Gasteiger partial charge in [-0.3, -0.25) is 4.79 Å². The average molecular weight is 386 g/mol. The van der Waals surface area contributed by atoms with Crippen LogP contribution < -0.4 is 10.6 Å². The van der Waals surface area contributed by atoms with Gasteiger partial charge in [0.05, 0.1) is 18.8 Å². The molecule has 2 N–H and O–H groups in total. The van der Waals surface area contributed by atoms with E-state index in [9.17, 15) is 22.4 Å². The number of hydrogen-bond acceptors (Lipinski definition) is 4. The molecule has 1 aliphatic heterocycles.